The van der Waals surface area contributed by atoms with Crippen molar-refractivity contribution < 1.29 is 4.74 Å². The lowest BCUT2D eigenvalue weighted by Crippen LogP contribution is -2.45. The lowest BCUT2D eigenvalue weighted by atomic mass is 9.70. The van der Waals surface area contributed by atoms with Crippen LogP contribution in [-0.2, 0) is 4.74 Å². The standard InChI is InChI=1S/C15H29NO/c1-10-7-11(2)9-13(8-10)15(16-4)14-5-6-17-12(14)3/h10-16H,5-9H2,1-4H3. The maximum Gasteiger partial charge on any atom is 0.0590 e. The highest BCUT2D eigenvalue weighted by molar-refractivity contribution is 4.91. The van der Waals surface area contributed by atoms with Crippen molar-refractivity contribution in [2.45, 2.75) is 58.6 Å². The normalized spacial score (nSPS) is 44.8. The molecule has 5 unspecified atom stereocenters. The Balaban J connectivity index is 2.01. The summed E-state index contributed by atoms with van der Waals surface area (Å²) in [6.45, 7) is 8.05. The molecule has 17 heavy (non-hydrogen) atoms. The third-order valence-corrected chi connectivity index (χ3v) is 4.95. The van der Waals surface area contributed by atoms with E-state index in [2.05, 4.69) is 33.1 Å². The van der Waals surface area contributed by atoms with Crippen molar-refractivity contribution in [3.63, 3.8) is 0 Å². The summed E-state index contributed by atoms with van der Waals surface area (Å²) in [7, 11) is 2.14. The molecule has 2 rings (SSSR count). The van der Waals surface area contributed by atoms with Crippen LogP contribution in [0.4, 0.5) is 0 Å². The van der Waals surface area contributed by atoms with Gasteiger partial charge in [0.15, 0.2) is 0 Å². The lowest BCUT2D eigenvalue weighted by Gasteiger charge is -2.39. The zero-order chi connectivity index (χ0) is 12.4. The SMILES string of the molecule is CNC(C1CC(C)CC(C)C1)C1CCOC1C. The molecule has 0 spiro atoms. The molecule has 2 heteroatoms. The van der Waals surface area contributed by atoms with E-state index >= 15 is 0 Å². The van der Waals surface area contributed by atoms with Crippen LogP contribution in [0, 0.1) is 23.7 Å². The fourth-order valence-electron chi connectivity index (χ4n) is 4.32. The molecule has 100 valence electrons. The van der Waals surface area contributed by atoms with E-state index in [-0.39, 0.29) is 0 Å². The zero-order valence-electron chi connectivity index (χ0n) is 11.9. The van der Waals surface area contributed by atoms with Crippen LogP contribution in [0.3, 0.4) is 0 Å². The lowest BCUT2D eigenvalue weighted by molar-refractivity contribution is 0.0738. The van der Waals surface area contributed by atoms with Gasteiger partial charge in [-0.25, -0.2) is 0 Å². The Bertz CT molecular complexity index is 233. The second-order valence-electron chi connectivity index (χ2n) is 6.52. The zero-order valence-corrected chi connectivity index (χ0v) is 11.9. The molecule has 2 nitrogen and oxygen atoms in total. The predicted octanol–water partition coefficient (Wildman–Crippen LogP) is 3.07. The van der Waals surface area contributed by atoms with Crippen molar-refractivity contribution in [2.75, 3.05) is 13.7 Å². The number of rotatable bonds is 3. The van der Waals surface area contributed by atoms with Gasteiger partial charge in [0, 0.05) is 18.6 Å². The molecule has 1 saturated heterocycles. The fraction of sp³-hybridized carbons (Fsp3) is 1.00. The van der Waals surface area contributed by atoms with E-state index in [9.17, 15) is 0 Å². The van der Waals surface area contributed by atoms with Crippen LogP contribution < -0.4 is 5.32 Å². The predicted molar refractivity (Wildman–Crippen MR) is 72.0 cm³/mol. The first kappa shape index (κ1) is 13.4. The molecular formula is C15H29NO. The average Bonchev–Trinajstić information content (AvgIpc) is 2.65. The van der Waals surface area contributed by atoms with Gasteiger partial charge in [-0.15, -0.1) is 0 Å². The summed E-state index contributed by atoms with van der Waals surface area (Å²) in [6.07, 6.45) is 5.91. The van der Waals surface area contributed by atoms with E-state index in [4.69, 9.17) is 4.74 Å². The minimum Gasteiger partial charge on any atom is -0.378 e. The van der Waals surface area contributed by atoms with Gasteiger partial charge in [0.05, 0.1) is 6.10 Å². The fourth-order valence-corrected chi connectivity index (χ4v) is 4.32. The molecule has 0 radical (unpaired) electrons. The van der Waals surface area contributed by atoms with E-state index in [0.717, 1.165) is 30.3 Å². The van der Waals surface area contributed by atoms with Crippen LogP contribution in [0.25, 0.3) is 0 Å². The second-order valence-corrected chi connectivity index (χ2v) is 6.52. The van der Waals surface area contributed by atoms with Gasteiger partial charge in [-0.3, -0.25) is 0 Å². The van der Waals surface area contributed by atoms with Gasteiger partial charge in [0.2, 0.25) is 0 Å². The summed E-state index contributed by atoms with van der Waals surface area (Å²) in [4.78, 5) is 0. The van der Waals surface area contributed by atoms with Gasteiger partial charge in [-0.2, -0.15) is 0 Å². The van der Waals surface area contributed by atoms with Crippen molar-refractivity contribution in [3.05, 3.63) is 0 Å². The van der Waals surface area contributed by atoms with Gasteiger partial charge in [0.1, 0.15) is 0 Å². The summed E-state index contributed by atoms with van der Waals surface area (Å²) in [6, 6.07) is 0.665. The number of nitrogens with one attached hydrogen (secondary N) is 1. The monoisotopic (exact) mass is 239 g/mol. The molecule has 1 heterocycles. The first-order chi connectivity index (χ1) is 8.11. The Morgan fingerprint density at radius 1 is 1.06 bits per heavy atom. The average molecular weight is 239 g/mol. The number of hydrogen-bond donors (Lipinski definition) is 1. The highest BCUT2D eigenvalue weighted by atomic mass is 16.5. The first-order valence-corrected chi connectivity index (χ1v) is 7.40. The Kier molecular flexibility index (Phi) is 4.48. The van der Waals surface area contributed by atoms with Crippen LogP contribution in [0.5, 0.6) is 0 Å². The van der Waals surface area contributed by atoms with Crippen LogP contribution in [-0.4, -0.2) is 25.8 Å². The van der Waals surface area contributed by atoms with Crippen molar-refractivity contribution in [3.8, 4) is 0 Å². The molecule has 0 aromatic heterocycles. The summed E-state index contributed by atoms with van der Waals surface area (Å²) in [5.74, 6) is 3.38. The summed E-state index contributed by atoms with van der Waals surface area (Å²) < 4.78 is 5.75. The number of ether oxygens (including phenoxy) is 1. The van der Waals surface area contributed by atoms with Crippen molar-refractivity contribution in [1.29, 1.82) is 0 Å². The minimum atomic E-state index is 0.444. The van der Waals surface area contributed by atoms with Gasteiger partial charge in [0.25, 0.3) is 0 Å². The molecule has 2 fully saturated rings. The summed E-state index contributed by atoms with van der Waals surface area (Å²) in [5.41, 5.74) is 0. The van der Waals surface area contributed by atoms with Crippen LogP contribution in [0.15, 0.2) is 0 Å². The molecule has 0 aromatic carbocycles. The van der Waals surface area contributed by atoms with Crippen molar-refractivity contribution in [2.24, 2.45) is 23.7 Å². The van der Waals surface area contributed by atoms with Crippen molar-refractivity contribution in [1.82, 2.24) is 5.32 Å². The summed E-state index contributed by atoms with van der Waals surface area (Å²) >= 11 is 0. The molecule has 1 saturated carbocycles. The highest BCUT2D eigenvalue weighted by Gasteiger charge is 2.38. The van der Waals surface area contributed by atoms with Gasteiger partial charge in [-0.1, -0.05) is 13.8 Å². The largest absolute Gasteiger partial charge is 0.378 e. The van der Waals surface area contributed by atoms with Crippen LogP contribution in [0.1, 0.15) is 46.5 Å². The number of hydrogen-bond acceptors (Lipinski definition) is 2. The second kappa shape index (κ2) is 5.71. The van der Waals surface area contributed by atoms with E-state index < -0.39 is 0 Å². The molecule has 1 N–H and O–H groups in total. The van der Waals surface area contributed by atoms with E-state index in [1.54, 1.807) is 0 Å². The third kappa shape index (κ3) is 3.03. The molecule has 2 aliphatic rings. The minimum absolute atomic E-state index is 0.444. The van der Waals surface area contributed by atoms with Gasteiger partial charge in [-0.05, 0) is 57.4 Å². The Hall–Kier alpha value is -0.0800. The van der Waals surface area contributed by atoms with Crippen molar-refractivity contribution >= 4 is 0 Å². The Morgan fingerprint density at radius 3 is 2.18 bits per heavy atom. The Morgan fingerprint density at radius 2 is 1.71 bits per heavy atom. The third-order valence-electron chi connectivity index (χ3n) is 4.95. The van der Waals surface area contributed by atoms with E-state index in [1.807, 2.05) is 0 Å². The molecular weight excluding hydrogens is 210 g/mol. The van der Waals surface area contributed by atoms with Crippen LogP contribution >= 0.6 is 0 Å². The Labute approximate surface area is 107 Å². The van der Waals surface area contributed by atoms with Gasteiger partial charge < -0.3 is 10.1 Å². The maximum absolute atomic E-state index is 5.75. The highest BCUT2D eigenvalue weighted by Crippen LogP contribution is 2.39. The van der Waals surface area contributed by atoms with Gasteiger partial charge >= 0.3 is 0 Å². The van der Waals surface area contributed by atoms with E-state index in [1.165, 1.54) is 25.7 Å². The van der Waals surface area contributed by atoms with E-state index in [0.29, 0.717) is 12.1 Å². The molecule has 0 aromatic rings. The maximum atomic E-state index is 5.75. The molecule has 5 atom stereocenters. The quantitative estimate of drug-likeness (QED) is 0.817. The molecule has 1 aliphatic heterocycles. The summed E-state index contributed by atoms with van der Waals surface area (Å²) in [5, 5.41) is 3.61. The van der Waals surface area contributed by atoms with Crippen LogP contribution in [0.2, 0.25) is 0 Å². The molecule has 0 amide bonds. The smallest absolute Gasteiger partial charge is 0.0590 e. The topological polar surface area (TPSA) is 21.3 Å². The molecule has 0 bridgehead atoms. The molecule has 1 aliphatic carbocycles. The first-order valence-electron chi connectivity index (χ1n) is 7.40.